The molecule has 0 bridgehead atoms. The molecule has 23 heavy (non-hydrogen) atoms. The normalized spacial score (nSPS) is 12.1. The van der Waals surface area contributed by atoms with E-state index in [1.165, 1.54) is 38.4 Å². The molecule has 128 valence electrons. The number of amides is 1. The first-order valence-corrected chi connectivity index (χ1v) is 8.37. The molecule has 1 aromatic rings. The van der Waals surface area contributed by atoms with Crippen LogP contribution in [0.2, 0.25) is 0 Å². The summed E-state index contributed by atoms with van der Waals surface area (Å²) in [7, 11) is -1.25. The monoisotopic (exact) mass is 342 g/mol. The fourth-order valence-corrected chi connectivity index (χ4v) is 2.93. The van der Waals surface area contributed by atoms with Crippen LogP contribution in [-0.4, -0.2) is 50.8 Å². The summed E-state index contributed by atoms with van der Waals surface area (Å²) < 4.78 is 30.3. The molecule has 1 N–H and O–H groups in total. The number of carbonyl (C=O) groups excluding carboxylic acids is 2. The van der Waals surface area contributed by atoms with Crippen molar-refractivity contribution >= 4 is 21.9 Å². The Balaban J connectivity index is 2.89. The molecule has 7 nitrogen and oxygen atoms in total. The predicted molar refractivity (Wildman–Crippen MR) is 85.5 cm³/mol. The Labute approximate surface area is 136 Å². The van der Waals surface area contributed by atoms with Crippen LogP contribution in [0.25, 0.3) is 0 Å². The number of nitrogens with zero attached hydrogens (tertiary/aromatic N) is 1. The van der Waals surface area contributed by atoms with Crippen molar-refractivity contribution < 1.29 is 22.7 Å². The molecular weight excluding hydrogens is 320 g/mol. The molecule has 0 radical (unpaired) electrons. The molecule has 0 heterocycles. The van der Waals surface area contributed by atoms with Crippen molar-refractivity contribution in [2.45, 2.75) is 31.2 Å². The molecule has 8 heteroatoms. The molecule has 0 aliphatic heterocycles. The fraction of sp³-hybridized carbons (Fsp3) is 0.467. The third-order valence-electron chi connectivity index (χ3n) is 2.86. The van der Waals surface area contributed by atoms with Crippen LogP contribution in [0.3, 0.4) is 0 Å². The zero-order valence-electron chi connectivity index (χ0n) is 13.9. The summed E-state index contributed by atoms with van der Waals surface area (Å²) in [4.78, 5) is 23.2. The minimum absolute atomic E-state index is 0.00351. The number of carbonyl (C=O) groups is 2. The molecule has 1 aromatic carbocycles. The first kappa shape index (κ1) is 19.1. The highest BCUT2D eigenvalue weighted by Crippen LogP contribution is 2.15. The lowest BCUT2D eigenvalue weighted by Crippen LogP contribution is -2.46. The molecule has 1 amide bonds. The molecule has 0 saturated carbocycles. The van der Waals surface area contributed by atoms with Gasteiger partial charge >= 0.3 is 5.97 Å². The maximum absolute atomic E-state index is 12.4. The summed E-state index contributed by atoms with van der Waals surface area (Å²) in [5.41, 5.74) is -0.191. The number of benzene rings is 1. The number of likely N-dealkylation sites (N-methyl/N-ethyl adjacent to an activating group) is 1. The highest BCUT2D eigenvalue weighted by atomic mass is 32.2. The summed E-state index contributed by atoms with van der Waals surface area (Å²) >= 11 is 0. The SMILES string of the molecule is COC(=O)c1ccc(S(=O)(=O)N(C)CC(=O)NC(C)(C)C)cc1. The molecule has 0 aliphatic carbocycles. The van der Waals surface area contributed by atoms with Crippen molar-refractivity contribution in [3.05, 3.63) is 29.8 Å². The average Bonchev–Trinajstić information content (AvgIpc) is 2.44. The van der Waals surface area contributed by atoms with Gasteiger partial charge in [-0.05, 0) is 45.0 Å². The van der Waals surface area contributed by atoms with Crippen molar-refractivity contribution in [1.29, 1.82) is 0 Å². The third kappa shape index (κ3) is 5.33. The Morgan fingerprint density at radius 3 is 2.13 bits per heavy atom. The lowest BCUT2D eigenvalue weighted by Gasteiger charge is -2.23. The van der Waals surface area contributed by atoms with Gasteiger partial charge in [0.2, 0.25) is 15.9 Å². The maximum Gasteiger partial charge on any atom is 0.337 e. The van der Waals surface area contributed by atoms with Gasteiger partial charge in [0.15, 0.2) is 0 Å². The lowest BCUT2D eigenvalue weighted by atomic mass is 10.1. The van der Waals surface area contributed by atoms with E-state index >= 15 is 0 Å². The number of sulfonamides is 1. The molecule has 0 aliphatic rings. The van der Waals surface area contributed by atoms with E-state index in [0.717, 1.165) is 4.31 Å². The number of hydrogen-bond acceptors (Lipinski definition) is 5. The minimum Gasteiger partial charge on any atom is -0.465 e. The van der Waals surface area contributed by atoms with E-state index in [1.54, 1.807) is 0 Å². The van der Waals surface area contributed by atoms with Gasteiger partial charge in [0.25, 0.3) is 0 Å². The molecule has 0 saturated heterocycles. The average molecular weight is 342 g/mol. The predicted octanol–water partition coefficient (Wildman–Crippen LogP) is 1.01. The lowest BCUT2D eigenvalue weighted by molar-refractivity contribution is -0.122. The summed E-state index contributed by atoms with van der Waals surface area (Å²) in [6.45, 7) is 5.14. The number of rotatable bonds is 5. The zero-order chi connectivity index (χ0) is 17.8. The van der Waals surface area contributed by atoms with Crippen LogP contribution in [0.4, 0.5) is 0 Å². The largest absolute Gasteiger partial charge is 0.465 e. The van der Waals surface area contributed by atoms with E-state index in [1.807, 2.05) is 20.8 Å². The second-order valence-corrected chi connectivity index (χ2v) is 8.12. The van der Waals surface area contributed by atoms with Gasteiger partial charge in [-0.1, -0.05) is 0 Å². The Hall–Kier alpha value is -1.93. The van der Waals surface area contributed by atoms with Crippen molar-refractivity contribution in [3.63, 3.8) is 0 Å². The quantitative estimate of drug-likeness (QED) is 0.806. The fourth-order valence-electron chi connectivity index (χ4n) is 1.81. The Morgan fingerprint density at radius 2 is 1.70 bits per heavy atom. The Kier molecular flexibility index (Phi) is 5.90. The standard InChI is InChI=1S/C15H22N2O5S/c1-15(2,3)16-13(18)10-17(4)23(20,21)12-8-6-11(7-9-12)14(19)22-5/h6-9H,10H2,1-5H3,(H,16,18). The van der Waals surface area contributed by atoms with Crippen molar-refractivity contribution in [3.8, 4) is 0 Å². The van der Waals surface area contributed by atoms with E-state index in [0.29, 0.717) is 0 Å². The Morgan fingerprint density at radius 1 is 1.17 bits per heavy atom. The van der Waals surface area contributed by atoms with Crippen LogP contribution in [0.1, 0.15) is 31.1 Å². The van der Waals surface area contributed by atoms with Crippen LogP contribution < -0.4 is 5.32 Å². The van der Waals surface area contributed by atoms with E-state index in [-0.39, 0.29) is 17.0 Å². The second-order valence-electron chi connectivity index (χ2n) is 6.08. The van der Waals surface area contributed by atoms with Gasteiger partial charge < -0.3 is 10.1 Å². The van der Waals surface area contributed by atoms with Gasteiger partial charge in [0.05, 0.1) is 24.1 Å². The molecule has 0 spiro atoms. The van der Waals surface area contributed by atoms with E-state index in [9.17, 15) is 18.0 Å². The third-order valence-corrected chi connectivity index (χ3v) is 4.68. The summed E-state index contributed by atoms with van der Waals surface area (Å²) in [5.74, 6) is -0.943. The van der Waals surface area contributed by atoms with E-state index in [2.05, 4.69) is 10.1 Å². The van der Waals surface area contributed by atoms with Gasteiger partial charge in [-0.15, -0.1) is 0 Å². The number of ether oxygens (including phenoxy) is 1. The van der Waals surface area contributed by atoms with Gasteiger partial charge in [-0.3, -0.25) is 4.79 Å². The molecule has 0 aromatic heterocycles. The van der Waals surface area contributed by atoms with Gasteiger partial charge in [0, 0.05) is 12.6 Å². The number of hydrogen-bond donors (Lipinski definition) is 1. The highest BCUT2D eigenvalue weighted by molar-refractivity contribution is 7.89. The maximum atomic E-state index is 12.4. The number of methoxy groups -OCH3 is 1. The number of esters is 1. The first-order chi connectivity index (χ1) is 10.5. The van der Waals surface area contributed by atoms with Crippen LogP contribution in [0.5, 0.6) is 0 Å². The van der Waals surface area contributed by atoms with Crippen molar-refractivity contribution in [1.82, 2.24) is 9.62 Å². The summed E-state index contributed by atoms with van der Waals surface area (Å²) in [6, 6.07) is 5.34. The second kappa shape index (κ2) is 7.10. The van der Waals surface area contributed by atoms with Crippen LogP contribution >= 0.6 is 0 Å². The molecule has 0 unspecified atom stereocenters. The van der Waals surface area contributed by atoms with E-state index < -0.39 is 27.4 Å². The first-order valence-electron chi connectivity index (χ1n) is 6.93. The minimum atomic E-state index is -3.82. The molecule has 0 fully saturated rings. The zero-order valence-corrected chi connectivity index (χ0v) is 14.7. The number of nitrogens with one attached hydrogen (secondary N) is 1. The molecular formula is C15H22N2O5S. The smallest absolute Gasteiger partial charge is 0.337 e. The van der Waals surface area contributed by atoms with Gasteiger partial charge in [0.1, 0.15) is 0 Å². The van der Waals surface area contributed by atoms with Crippen molar-refractivity contribution in [2.24, 2.45) is 0 Å². The molecule has 0 atom stereocenters. The van der Waals surface area contributed by atoms with E-state index in [4.69, 9.17) is 0 Å². The van der Waals surface area contributed by atoms with Crippen LogP contribution in [0, 0.1) is 0 Å². The van der Waals surface area contributed by atoms with Crippen LogP contribution in [-0.2, 0) is 19.6 Å². The Bertz CT molecular complexity index is 675. The van der Waals surface area contributed by atoms with Crippen LogP contribution in [0.15, 0.2) is 29.2 Å². The highest BCUT2D eigenvalue weighted by Gasteiger charge is 2.24. The topological polar surface area (TPSA) is 92.8 Å². The molecule has 1 rings (SSSR count). The summed E-state index contributed by atoms with van der Waals surface area (Å²) in [5, 5.41) is 2.70. The van der Waals surface area contributed by atoms with Gasteiger partial charge in [-0.2, -0.15) is 4.31 Å². The summed E-state index contributed by atoms with van der Waals surface area (Å²) in [6.07, 6.45) is 0. The van der Waals surface area contributed by atoms with Gasteiger partial charge in [-0.25, -0.2) is 13.2 Å². The van der Waals surface area contributed by atoms with Crippen molar-refractivity contribution in [2.75, 3.05) is 20.7 Å².